The van der Waals surface area contributed by atoms with Gasteiger partial charge >= 0.3 is 0 Å². The summed E-state index contributed by atoms with van der Waals surface area (Å²) in [7, 11) is 3.24. The Hall–Kier alpha value is -2.93. The van der Waals surface area contributed by atoms with Gasteiger partial charge < -0.3 is 14.6 Å². The number of hydrogen-bond acceptors (Lipinski definition) is 5. The van der Waals surface area contributed by atoms with Crippen LogP contribution < -0.4 is 0 Å². The molecule has 0 bridgehead atoms. The van der Waals surface area contributed by atoms with Crippen LogP contribution in [0.1, 0.15) is 30.4 Å². The van der Waals surface area contributed by atoms with Crippen molar-refractivity contribution < 1.29 is 24.2 Å². The highest BCUT2D eigenvalue weighted by Crippen LogP contribution is 2.49. The number of allylic oxidation sites excluding steroid dienone is 1. The Balaban J connectivity index is 1.44. The lowest BCUT2D eigenvalue weighted by molar-refractivity contribution is -0.138. The van der Waals surface area contributed by atoms with Crippen molar-refractivity contribution in [2.24, 2.45) is 17.8 Å². The standard InChI is InChI=1S/C29H30ClNO5/c1-31-28(33)22-13-20(15-35-2)26-23(27(22)29(31)34)16-36-25(26)11-9-18(17-6-4-3-5-7-17)12-19-8-10-21(32)14-24(19)30/h3-8,10,12,14,22-23,25,27,32H,9,11,13,15-16H2,1-2H3/b18-12-/t22-,23+,25-,27-/m1/s1. The Morgan fingerprint density at radius 3 is 2.67 bits per heavy atom. The van der Waals surface area contributed by atoms with Crippen LogP contribution in [-0.4, -0.2) is 55.3 Å². The summed E-state index contributed by atoms with van der Waals surface area (Å²) in [6, 6.07) is 15.1. The smallest absolute Gasteiger partial charge is 0.233 e. The molecule has 0 aromatic heterocycles. The van der Waals surface area contributed by atoms with Crippen LogP contribution in [0.5, 0.6) is 5.75 Å². The van der Waals surface area contributed by atoms with Crippen LogP contribution in [-0.2, 0) is 19.1 Å². The van der Waals surface area contributed by atoms with E-state index in [2.05, 4.69) is 18.2 Å². The Morgan fingerprint density at radius 1 is 1.17 bits per heavy atom. The fraction of sp³-hybridized carbons (Fsp3) is 0.379. The molecule has 0 radical (unpaired) electrons. The van der Waals surface area contributed by atoms with E-state index in [1.165, 1.54) is 11.0 Å². The molecule has 0 saturated carbocycles. The van der Waals surface area contributed by atoms with Gasteiger partial charge in [-0.3, -0.25) is 14.5 Å². The normalized spacial score (nSPS) is 26.0. The monoisotopic (exact) mass is 507 g/mol. The predicted octanol–water partition coefficient (Wildman–Crippen LogP) is 4.96. The van der Waals surface area contributed by atoms with Crippen molar-refractivity contribution in [1.29, 1.82) is 0 Å². The summed E-state index contributed by atoms with van der Waals surface area (Å²) in [6.45, 7) is 0.875. The highest BCUT2D eigenvalue weighted by Gasteiger charge is 2.56. The van der Waals surface area contributed by atoms with Crippen LogP contribution in [0.4, 0.5) is 0 Å². The third kappa shape index (κ3) is 4.49. The number of ether oxygens (including phenoxy) is 2. The third-order valence-electron chi connectivity index (χ3n) is 7.68. The van der Waals surface area contributed by atoms with E-state index < -0.39 is 0 Å². The van der Waals surface area contributed by atoms with Gasteiger partial charge in [-0.25, -0.2) is 0 Å². The van der Waals surface area contributed by atoms with Gasteiger partial charge in [0.1, 0.15) is 5.75 Å². The van der Waals surface area contributed by atoms with Gasteiger partial charge in [0.25, 0.3) is 0 Å². The van der Waals surface area contributed by atoms with E-state index in [-0.39, 0.29) is 41.4 Å². The van der Waals surface area contributed by atoms with Crippen LogP contribution in [0, 0.1) is 17.8 Å². The molecule has 0 spiro atoms. The molecule has 2 heterocycles. The van der Waals surface area contributed by atoms with E-state index >= 15 is 0 Å². The summed E-state index contributed by atoms with van der Waals surface area (Å²) in [5, 5.41) is 10.2. The maximum Gasteiger partial charge on any atom is 0.233 e. The minimum Gasteiger partial charge on any atom is -0.508 e. The predicted molar refractivity (Wildman–Crippen MR) is 138 cm³/mol. The van der Waals surface area contributed by atoms with E-state index in [0.717, 1.165) is 40.7 Å². The van der Waals surface area contributed by atoms with Crippen molar-refractivity contribution in [3.63, 3.8) is 0 Å². The van der Waals surface area contributed by atoms with Crippen molar-refractivity contribution in [3.8, 4) is 5.75 Å². The summed E-state index contributed by atoms with van der Waals surface area (Å²) in [5.74, 6) is -0.817. The van der Waals surface area contributed by atoms with Gasteiger partial charge in [-0.15, -0.1) is 0 Å². The Kier molecular flexibility index (Phi) is 7.02. The number of benzene rings is 2. The van der Waals surface area contributed by atoms with Gasteiger partial charge in [-0.1, -0.05) is 41.9 Å². The fourth-order valence-electron chi connectivity index (χ4n) is 6.00. The SMILES string of the molecule is COCC1=C2[C@@H](CC/C(=C/c3ccc(O)cc3Cl)c3ccccc3)OC[C@@H]2[C@@H]2C(=O)N(C)C(=O)[C@@H]2C1. The molecule has 5 rings (SSSR count). The molecule has 4 atom stereocenters. The van der Waals surface area contributed by atoms with Crippen molar-refractivity contribution in [1.82, 2.24) is 4.90 Å². The zero-order chi connectivity index (χ0) is 25.4. The van der Waals surface area contributed by atoms with Crippen LogP contribution >= 0.6 is 11.6 Å². The zero-order valence-electron chi connectivity index (χ0n) is 20.4. The van der Waals surface area contributed by atoms with E-state index in [9.17, 15) is 14.7 Å². The number of methoxy groups -OCH3 is 1. The number of nitrogens with zero attached hydrogens (tertiary/aromatic N) is 1. The zero-order valence-corrected chi connectivity index (χ0v) is 21.2. The first kappa shape index (κ1) is 24.8. The molecule has 36 heavy (non-hydrogen) atoms. The molecule has 2 amide bonds. The number of amides is 2. The van der Waals surface area contributed by atoms with Gasteiger partial charge in [0.15, 0.2) is 0 Å². The molecular formula is C29H30ClNO5. The van der Waals surface area contributed by atoms with Crippen molar-refractivity contribution in [2.75, 3.05) is 27.4 Å². The summed E-state index contributed by atoms with van der Waals surface area (Å²) < 4.78 is 11.8. The number of hydrogen-bond donors (Lipinski definition) is 1. The maximum atomic E-state index is 12.9. The molecule has 1 aliphatic carbocycles. The molecule has 6 nitrogen and oxygen atoms in total. The van der Waals surface area contributed by atoms with E-state index in [1.807, 2.05) is 24.3 Å². The highest BCUT2D eigenvalue weighted by atomic mass is 35.5. The number of phenols is 1. The van der Waals surface area contributed by atoms with E-state index in [4.69, 9.17) is 21.1 Å². The number of fused-ring (bicyclic) bond motifs is 3. The molecule has 2 aromatic carbocycles. The number of halogens is 1. The first-order valence-electron chi connectivity index (χ1n) is 12.3. The van der Waals surface area contributed by atoms with Gasteiger partial charge in [0.2, 0.25) is 11.8 Å². The van der Waals surface area contributed by atoms with Gasteiger partial charge in [-0.2, -0.15) is 0 Å². The van der Waals surface area contributed by atoms with Gasteiger partial charge in [-0.05, 0) is 71.4 Å². The lowest BCUT2D eigenvalue weighted by atomic mass is 9.69. The molecular weight excluding hydrogens is 478 g/mol. The number of carbonyl (C=O) groups is 2. The average molecular weight is 508 g/mol. The molecule has 0 unspecified atom stereocenters. The van der Waals surface area contributed by atoms with Gasteiger partial charge in [0.05, 0.1) is 36.2 Å². The average Bonchev–Trinajstić information content (AvgIpc) is 3.39. The van der Waals surface area contributed by atoms with Crippen LogP contribution in [0.15, 0.2) is 59.7 Å². The highest BCUT2D eigenvalue weighted by molar-refractivity contribution is 6.32. The van der Waals surface area contributed by atoms with Crippen molar-refractivity contribution in [2.45, 2.75) is 25.4 Å². The summed E-state index contributed by atoms with van der Waals surface area (Å²) in [5.41, 5.74) is 5.25. The Bertz CT molecular complexity index is 1240. The second-order valence-corrected chi connectivity index (χ2v) is 10.2. The topological polar surface area (TPSA) is 76.1 Å². The fourth-order valence-corrected chi connectivity index (χ4v) is 6.23. The Morgan fingerprint density at radius 2 is 1.94 bits per heavy atom. The summed E-state index contributed by atoms with van der Waals surface area (Å²) in [6.07, 6.45) is 3.91. The molecule has 2 saturated heterocycles. The lowest BCUT2D eigenvalue weighted by Crippen LogP contribution is -2.34. The molecule has 188 valence electrons. The minimum absolute atomic E-state index is 0.0870. The number of likely N-dealkylation sites (tertiary alicyclic amines) is 1. The van der Waals surface area contributed by atoms with E-state index in [0.29, 0.717) is 24.7 Å². The molecule has 2 fully saturated rings. The maximum absolute atomic E-state index is 12.9. The molecule has 2 aliphatic heterocycles. The van der Waals surface area contributed by atoms with Crippen LogP contribution in [0.3, 0.4) is 0 Å². The van der Waals surface area contributed by atoms with E-state index in [1.54, 1.807) is 20.2 Å². The first-order chi connectivity index (χ1) is 17.4. The second kappa shape index (κ2) is 10.2. The molecule has 7 heteroatoms. The second-order valence-electron chi connectivity index (χ2n) is 9.77. The summed E-state index contributed by atoms with van der Waals surface area (Å²) >= 11 is 6.41. The number of phenolic OH excluding ortho intramolecular Hbond substituents is 1. The number of aromatic hydroxyl groups is 1. The minimum atomic E-state index is -0.344. The third-order valence-corrected chi connectivity index (χ3v) is 8.01. The Labute approximate surface area is 216 Å². The van der Waals surface area contributed by atoms with Crippen molar-refractivity contribution in [3.05, 3.63) is 75.8 Å². The molecule has 2 aromatic rings. The summed E-state index contributed by atoms with van der Waals surface area (Å²) in [4.78, 5) is 26.9. The van der Waals surface area contributed by atoms with Crippen LogP contribution in [0.25, 0.3) is 11.6 Å². The van der Waals surface area contributed by atoms with Crippen molar-refractivity contribution >= 4 is 35.1 Å². The van der Waals surface area contributed by atoms with Crippen LogP contribution in [0.2, 0.25) is 5.02 Å². The largest absolute Gasteiger partial charge is 0.508 e. The first-order valence-corrected chi connectivity index (χ1v) is 12.6. The quantitative estimate of drug-likeness (QED) is 0.326. The number of rotatable bonds is 7. The molecule has 3 aliphatic rings. The lowest BCUT2D eigenvalue weighted by Gasteiger charge is -2.31. The molecule has 1 N–H and O–H groups in total. The van der Waals surface area contributed by atoms with Gasteiger partial charge in [0, 0.05) is 20.1 Å². The number of carbonyl (C=O) groups excluding carboxylic acids is 2. The number of imide groups is 1.